The van der Waals surface area contributed by atoms with Crippen molar-refractivity contribution in [2.45, 2.75) is 13.0 Å². The van der Waals surface area contributed by atoms with E-state index < -0.39 is 6.10 Å². The number of Topliss-reactive ketones (excluding diaryl/α,β-unsaturated/α-hetero) is 1. The molecule has 0 aliphatic rings. The second-order valence-electron chi connectivity index (χ2n) is 3.95. The summed E-state index contributed by atoms with van der Waals surface area (Å²) in [4.78, 5) is 12.1. The van der Waals surface area contributed by atoms with E-state index in [4.69, 9.17) is 4.74 Å². The fraction of sp³-hybridized carbons (Fsp3) is 0.133. The smallest absolute Gasteiger partial charge is 0.202 e. The molecule has 2 rings (SSSR count). The van der Waals surface area contributed by atoms with Gasteiger partial charge < -0.3 is 4.74 Å². The summed E-state index contributed by atoms with van der Waals surface area (Å²) >= 11 is 3.37. The topological polar surface area (TPSA) is 26.3 Å². The molecular weight excluding hydrogens is 292 g/mol. The molecule has 2 aromatic carbocycles. The molecule has 2 nitrogen and oxygen atoms in total. The Morgan fingerprint density at radius 1 is 1.11 bits per heavy atom. The van der Waals surface area contributed by atoms with Crippen LogP contribution in [0.4, 0.5) is 0 Å². The summed E-state index contributed by atoms with van der Waals surface area (Å²) in [7, 11) is 0. The monoisotopic (exact) mass is 304 g/mol. The van der Waals surface area contributed by atoms with Crippen molar-refractivity contribution < 1.29 is 9.53 Å². The largest absolute Gasteiger partial charge is 0.483 e. The zero-order valence-corrected chi connectivity index (χ0v) is 11.6. The van der Waals surface area contributed by atoms with Crippen LogP contribution in [0, 0.1) is 0 Å². The fourth-order valence-corrected chi connectivity index (χ4v) is 2.01. The first-order valence-corrected chi connectivity index (χ1v) is 6.47. The quantitative estimate of drug-likeness (QED) is 0.795. The van der Waals surface area contributed by atoms with Crippen LogP contribution in [0.25, 0.3) is 0 Å². The van der Waals surface area contributed by atoms with Gasteiger partial charge in [-0.3, -0.25) is 4.79 Å². The minimum atomic E-state index is -0.498. The molecule has 1 atom stereocenters. The zero-order chi connectivity index (χ0) is 13.0. The van der Waals surface area contributed by atoms with E-state index in [0.29, 0.717) is 11.3 Å². The van der Waals surface area contributed by atoms with Crippen molar-refractivity contribution >= 4 is 21.7 Å². The van der Waals surface area contributed by atoms with Gasteiger partial charge in [0.25, 0.3) is 0 Å². The average molecular weight is 305 g/mol. The molecule has 2 aromatic rings. The predicted molar refractivity (Wildman–Crippen MR) is 75.0 cm³/mol. The number of rotatable bonds is 4. The SMILES string of the molecule is CC(Oc1cccc(Br)c1)C(=O)c1ccccc1. The Bertz CT molecular complexity index is 537. The molecule has 0 bridgehead atoms. The van der Waals surface area contributed by atoms with Gasteiger partial charge in [-0.25, -0.2) is 0 Å². The Kier molecular flexibility index (Phi) is 4.15. The number of carbonyl (C=O) groups is 1. The number of hydrogen-bond acceptors (Lipinski definition) is 2. The van der Waals surface area contributed by atoms with Crippen molar-refractivity contribution in [2.75, 3.05) is 0 Å². The highest BCUT2D eigenvalue weighted by atomic mass is 79.9. The van der Waals surface area contributed by atoms with Crippen LogP contribution in [-0.4, -0.2) is 11.9 Å². The predicted octanol–water partition coefficient (Wildman–Crippen LogP) is 4.10. The summed E-state index contributed by atoms with van der Waals surface area (Å²) in [6.07, 6.45) is -0.498. The van der Waals surface area contributed by atoms with Crippen LogP contribution in [0.2, 0.25) is 0 Å². The minimum absolute atomic E-state index is 0.0180. The molecule has 0 spiro atoms. The maximum Gasteiger partial charge on any atom is 0.202 e. The summed E-state index contributed by atoms with van der Waals surface area (Å²) in [6.45, 7) is 1.76. The third-order valence-corrected chi connectivity index (χ3v) is 3.03. The standard InChI is InChI=1S/C15H13BrO2/c1-11(15(17)12-6-3-2-4-7-12)18-14-9-5-8-13(16)10-14/h2-11H,1H3. The molecule has 92 valence electrons. The number of carbonyl (C=O) groups excluding carboxylic acids is 1. The molecule has 0 saturated carbocycles. The Morgan fingerprint density at radius 2 is 1.83 bits per heavy atom. The molecule has 0 N–H and O–H groups in total. The van der Waals surface area contributed by atoms with Gasteiger partial charge in [-0.15, -0.1) is 0 Å². The summed E-state index contributed by atoms with van der Waals surface area (Å²) in [6, 6.07) is 16.6. The van der Waals surface area contributed by atoms with Gasteiger partial charge in [0.05, 0.1) is 0 Å². The van der Waals surface area contributed by atoms with E-state index in [0.717, 1.165) is 4.47 Å². The average Bonchev–Trinajstić information content (AvgIpc) is 2.39. The first kappa shape index (κ1) is 12.8. The molecule has 0 aliphatic heterocycles. The van der Waals surface area contributed by atoms with E-state index in [-0.39, 0.29) is 5.78 Å². The summed E-state index contributed by atoms with van der Waals surface area (Å²) < 4.78 is 6.56. The van der Waals surface area contributed by atoms with Gasteiger partial charge in [0.15, 0.2) is 6.10 Å². The third-order valence-electron chi connectivity index (χ3n) is 2.54. The van der Waals surface area contributed by atoms with Crippen LogP contribution >= 0.6 is 15.9 Å². The molecule has 3 heteroatoms. The van der Waals surface area contributed by atoms with Gasteiger partial charge in [0.1, 0.15) is 5.75 Å². The van der Waals surface area contributed by atoms with Gasteiger partial charge in [-0.1, -0.05) is 52.3 Å². The highest BCUT2D eigenvalue weighted by molar-refractivity contribution is 9.10. The first-order valence-electron chi connectivity index (χ1n) is 5.68. The lowest BCUT2D eigenvalue weighted by atomic mass is 10.1. The van der Waals surface area contributed by atoms with E-state index in [1.807, 2.05) is 42.5 Å². The lowest BCUT2D eigenvalue weighted by Crippen LogP contribution is -2.23. The molecule has 0 amide bonds. The number of hydrogen-bond donors (Lipinski definition) is 0. The third kappa shape index (κ3) is 3.20. The van der Waals surface area contributed by atoms with Crippen molar-refractivity contribution in [3.63, 3.8) is 0 Å². The van der Waals surface area contributed by atoms with Crippen LogP contribution in [0.3, 0.4) is 0 Å². The Labute approximate surface area is 115 Å². The molecule has 0 fully saturated rings. The molecule has 0 radical (unpaired) electrons. The van der Waals surface area contributed by atoms with E-state index in [2.05, 4.69) is 15.9 Å². The second-order valence-corrected chi connectivity index (χ2v) is 4.86. The van der Waals surface area contributed by atoms with E-state index in [9.17, 15) is 4.79 Å². The van der Waals surface area contributed by atoms with Gasteiger partial charge in [-0.2, -0.15) is 0 Å². The molecule has 0 aliphatic carbocycles. The summed E-state index contributed by atoms with van der Waals surface area (Å²) in [5.74, 6) is 0.664. The maximum absolute atomic E-state index is 12.1. The Balaban J connectivity index is 2.09. The van der Waals surface area contributed by atoms with Crippen molar-refractivity contribution in [3.05, 3.63) is 64.6 Å². The number of benzene rings is 2. The van der Waals surface area contributed by atoms with Gasteiger partial charge in [0, 0.05) is 10.0 Å². The lowest BCUT2D eigenvalue weighted by Gasteiger charge is -2.13. The van der Waals surface area contributed by atoms with Crippen LogP contribution < -0.4 is 4.74 Å². The van der Waals surface area contributed by atoms with Crippen LogP contribution in [-0.2, 0) is 0 Å². The number of ketones is 1. The fourth-order valence-electron chi connectivity index (χ4n) is 1.64. The van der Waals surface area contributed by atoms with Crippen molar-refractivity contribution in [1.82, 2.24) is 0 Å². The van der Waals surface area contributed by atoms with Crippen LogP contribution in [0.1, 0.15) is 17.3 Å². The van der Waals surface area contributed by atoms with Crippen LogP contribution in [0.15, 0.2) is 59.1 Å². The van der Waals surface area contributed by atoms with Crippen molar-refractivity contribution in [2.24, 2.45) is 0 Å². The Morgan fingerprint density at radius 3 is 2.50 bits per heavy atom. The van der Waals surface area contributed by atoms with Crippen LogP contribution in [0.5, 0.6) is 5.75 Å². The van der Waals surface area contributed by atoms with Crippen molar-refractivity contribution in [3.8, 4) is 5.75 Å². The summed E-state index contributed by atoms with van der Waals surface area (Å²) in [5, 5.41) is 0. The molecule has 0 heterocycles. The van der Waals surface area contributed by atoms with Gasteiger partial charge in [-0.05, 0) is 25.1 Å². The normalized spacial score (nSPS) is 11.9. The number of halogens is 1. The van der Waals surface area contributed by atoms with E-state index in [1.54, 1.807) is 19.1 Å². The molecular formula is C15H13BrO2. The lowest BCUT2D eigenvalue weighted by molar-refractivity contribution is 0.0818. The molecule has 0 aromatic heterocycles. The molecule has 18 heavy (non-hydrogen) atoms. The number of ether oxygens (including phenoxy) is 1. The van der Waals surface area contributed by atoms with Gasteiger partial charge in [0.2, 0.25) is 5.78 Å². The van der Waals surface area contributed by atoms with Crippen molar-refractivity contribution in [1.29, 1.82) is 0 Å². The van der Waals surface area contributed by atoms with E-state index >= 15 is 0 Å². The Hall–Kier alpha value is -1.61. The highest BCUT2D eigenvalue weighted by Crippen LogP contribution is 2.19. The highest BCUT2D eigenvalue weighted by Gasteiger charge is 2.16. The minimum Gasteiger partial charge on any atom is -0.483 e. The summed E-state index contributed by atoms with van der Waals surface area (Å²) in [5.41, 5.74) is 0.667. The molecule has 0 saturated heterocycles. The zero-order valence-electron chi connectivity index (χ0n) is 9.97. The molecule has 1 unspecified atom stereocenters. The second kappa shape index (κ2) is 5.83. The van der Waals surface area contributed by atoms with Gasteiger partial charge >= 0.3 is 0 Å². The van der Waals surface area contributed by atoms with E-state index in [1.165, 1.54) is 0 Å². The maximum atomic E-state index is 12.1. The first-order chi connectivity index (χ1) is 8.66.